The molecular formula is C18H24Cl2N2O2. The number of halogens is 2. The zero-order valence-electron chi connectivity index (χ0n) is 13.8. The lowest BCUT2D eigenvalue weighted by Gasteiger charge is -2.27. The SMILES string of the molecule is C=C(CN1CCCCC1)NC(=O)c1ccc(OCCCCl)c(Cl)c1. The number of benzene rings is 1. The number of hydrogen-bond donors (Lipinski definition) is 1. The Morgan fingerprint density at radius 3 is 2.71 bits per heavy atom. The van der Waals surface area contributed by atoms with E-state index in [4.69, 9.17) is 27.9 Å². The smallest absolute Gasteiger partial charge is 0.255 e. The van der Waals surface area contributed by atoms with Gasteiger partial charge in [0.2, 0.25) is 0 Å². The fourth-order valence-corrected chi connectivity index (χ4v) is 3.00. The molecule has 0 aliphatic carbocycles. The maximum Gasteiger partial charge on any atom is 0.255 e. The largest absolute Gasteiger partial charge is 0.492 e. The van der Waals surface area contributed by atoms with Gasteiger partial charge in [0, 0.05) is 23.7 Å². The molecular weight excluding hydrogens is 347 g/mol. The summed E-state index contributed by atoms with van der Waals surface area (Å²) in [6, 6.07) is 5.02. The molecule has 1 fully saturated rings. The standard InChI is InChI=1S/C18H24Cl2N2O2/c1-14(13-22-9-3-2-4-10-22)21-18(23)15-6-7-17(16(20)12-15)24-11-5-8-19/h6-7,12H,1-5,8-11,13H2,(H,21,23). The first-order valence-electron chi connectivity index (χ1n) is 8.30. The number of amides is 1. The first kappa shape index (κ1) is 19.1. The second-order valence-corrected chi connectivity index (χ2v) is 6.72. The van der Waals surface area contributed by atoms with Crippen LogP contribution >= 0.6 is 23.2 Å². The van der Waals surface area contributed by atoms with Crippen molar-refractivity contribution < 1.29 is 9.53 Å². The summed E-state index contributed by atoms with van der Waals surface area (Å²) >= 11 is 11.8. The van der Waals surface area contributed by atoms with Gasteiger partial charge in [-0.05, 0) is 50.6 Å². The Labute approximate surface area is 153 Å². The number of alkyl halides is 1. The number of ether oxygens (including phenoxy) is 1. The Balaban J connectivity index is 1.87. The molecule has 0 aromatic heterocycles. The monoisotopic (exact) mass is 370 g/mol. The molecule has 2 rings (SSSR count). The molecule has 0 atom stereocenters. The van der Waals surface area contributed by atoms with Crippen molar-refractivity contribution in [2.45, 2.75) is 25.7 Å². The van der Waals surface area contributed by atoms with E-state index in [0.29, 0.717) is 41.1 Å². The number of hydrogen-bond acceptors (Lipinski definition) is 3. The predicted octanol–water partition coefficient (Wildman–Crippen LogP) is 4.08. The molecule has 24 heavy (non-hydrogen) atoms. The number of carbonyl (C=O) groups excluding carboxylic acids is 1. The van der Waals surface area contributed by atoms with E-state index < -0.39 is 0 Å². The number of piperidine rings is 1. The first-order chi connectivity index (χ1) is 11.6. The van der Waals surface area contributed by atoms with Crippen LogP contribution in [0.15, 0.2) is 30.5 Å². The molecule has 1 N–H and O–H groups in total. The van der Waals surface area contributed by atoms with E-state index >= 15 is 0 Å². The van der Waals surface area contributed by atoms with Gasteiger partial charge in [-0.3, -0.25) is 9.69 Å². The maximum atomic E-state index is 12.3. The minimum Gasteiger partial charge on any atom is -0.492 e. The highest BCUT2D eigenvalue weighted by atomic mass is 35.5. The average Bonchev–Trinajstić information content (AvgIpc) is 2.57. The minimum atomic E-state index is -0.203. The van der Waals surface area contributed by atoms with Gasteiger partial charge in [0.15, 0.2) is 0 Å². The summed E-state index contributed by atoms with van der Waals surface area (Å²) in [7, 11) is 0. The van der Waals surface area contributed by atoms with E-state index in [0.717, 1.165) is 19.5 Å². The molecule has 1 aromatic rings. The number of carbonyl (C=O) groups is 1. The van der Waals surface area contributed by atoms with Crippen LogP contribution in [0.5, 0.6) is 5.75 Å². The first-order valence-corrected chi connectivity index (χ1v) is 9.21. The summed E-state index contributed by atoms with van der Waals surface area (Å²) in [5, 5.41) is 3.27. The average molecular weight is 371 g/mol. The third-order valence-corrected chi connectivity index (χ3v) is 4.45. The molecule has 0 spiro atoms. The zero-order chi connectivity index (χ0) is 17.4. The van der Waals surface area contributed by atoms with Gasteiger partial charge in [0.1, 0.15) is 5.75 Å². The van der Waals surface area contributed by atoms with Crippen LogP contribution in [0.1, 0.15) is 36.0 Å². The molecule has 0 saturated carbocycles. The molecule has 132 valence electrons. The predicted molar refractivity (Wildman–Crippen MR) is 99.2 cm³/mol. The lowest BCUT2D eigenvalue weighted by molar-refractivity contribution is 0.0961. The Hall–Kier alpha value is -1.23. The third kappa shape index (κ3) is 6.00. The number of likely N-dealkylation sites (tertiary alicyclic amines) is 1. The molecule has 1 aliphatic rings. The Morgan fingerprint density at radius 1 is 1.29 bits per heavy atom. The molecule has 0 radical (unpaired) electrons. The van der Waals surface area contributed by atoms with Gasteiger partial charge in [-0.2, -0.15) is 0 Å². The highest BCUT2D eigenvalue weighted by molar-refractivity contribution is 6.32. The van der Waals surface area contributed by atoms with Crippen LogP contribution in [0, 0.1) is 0 Å². The summed E-state index contributed by atoms with van der Waals surface area (Å²) in [6.07, 6.45) is 4.45. The van der Waals surface area contributed by atoms with Gasteiger partial charge >= 0.3 is 0 Å². The Kier molecular flexibility index (Phi) is 7.89. The zero-order valence-corrected chi connectivity index (χ0v) is 15.3. The molecule has 0 bridgehead atoms. The van der Waals surface area contributed by atoms with E-state index in [1.807, 2.05) is 0 Å². The van der Waals surface area contributed by atoms with Crippen molar-refractivity contribution in [1.82, 2.24) is 10.2 Å². The van der Waals surface area contributed by atoms with E-state index in [9.17, 15) is 4.79 Å². The van der Waals surface area contributed by atoms with Crippen LogP contribution in [0.2, 0.25) is 5.02 Å². The van der Waals surface area contributed by atoms with E-state index in [2.05, 4.69) is 16.8 Å². The Morgan fingerprint density at radius 2 is 2.04 bits per heavy atom. The molecule has 6 heteroatoms. The molecule has 1 aromatic carbocycles. The topological polar surface area (TPSA) is 41.6 Å². The van der Waals surface area contributed by atoms with Crippen LogP contribution in [-0.4, -0.2) is 42.9 Å². The highest BCUT2D eigenvalue weighted by Gasteiger charge is 2.14. The molecule has 1 saturated heterocycles. The van der Waals surface area contributed by atoms with Crippen molar-refractivity contribution in [3.8, 4) is 5.75 Å². The fraction of sp³-hybridized carbons (Fsp3) is 0.500. The quantitative estimate of drug-likeness (QED) is 0.553. The summed E-state index contributed by atoms with van der Waals surface area (Å²) in [5.74, 6) is 0.897. The van der Waals surface area contributed by atoms with Gasteiger partial charge < -0.3 is 10.1 Å². The molecule has 1 heterocycles. The van der Waals surface area contributed by atoms with Crippen molar-refractivity contribution in [3.05, 3.63) is 41.1 Å². The van der Waals surface area contributed by atoms with Gasteiger partial charge in [0.05, 0.1) is 11.6 Å². The van der Waals surface area contributed by atoms with Crippen LogP contribution < -0.4 is 10.1 Å². The highest BCUT2D eigenvalue weighted by Crippen LogP contribution is 2.25. The van der Waals surface area contributed by atoms with Gasteiger partial charge in [-0.25, -0.2) is 0 Å². The van der Waals surface area contributed by atoms with Gasteiger partial charge in [-0.15, -0.1) is 11.6 Å². The van der Waals surface area contributed by atoms with E-state index in [-0.39, 0.29) is 5.91 Å². The van der Waals surface area contributed by atoms with Crippen molar-refractivity contribution >= 4 is 29.1 Å². The van der Waals surface area contributed by atoms with Crippen LogP contribution in [0.25, 0.3) is 0 Å². The number of nitrogens with one attached hydrogen (secondary N) is 1. The lowest BCUT2D eigenvalue weighted by atomic mass is 10.1. The minimum absolute atomic E-state index is 0.203. The van der Waals surface area contributed by atoms with E-state index in [1.54, 1.807) is 18.2 Å². The lowest BCUT2D eigenvalue weighted by Crippen LogP contribution is -2.35. The summed E-state index contributed by atoms with van der Waals surface area (Å²) in [4.78, 5) is 14.6. The van der Waals surface area contributed by atoms with Crippen molar-refractivity contribution in [3.63, 3.8) is 0 Å². The van der Waals surface area contributed by atoms with Crippen molar-refractivity contribution in [2.24, 2.45) is 0 Å². The third-order valence-electron chi connectivity index (χ3n) is 3.88. The normalized spacial score (nSPS) is 15.1. The molecule has 1 aliphatic heterocycles. The number of rotatable bonds is 8. The second kappa shape index (κ2) is 9.92. The van der Waals surface area contributed by atoms with E-state index in [1.165, 1.54) is 19.3 Å². The summed E-state index contributed by atoms with van der Waals surface area (Å²) in [5.41, 5.74) is 1.20. The fourth-order valence-electron chi connectivity index (χ4n) is 2.66. The molecule has 4 nitrogen and oxygen atoms in total. The number of nitrogens with zero attached hydrogens (tertiary/aromatic N) is 1. The van der Waals surface area contributed by atoms with Gasteiger partial charge in [0.25, 0.3) is 5.91 Å². The maximum absolute atomic E-state index is 12.3. The van der Waals surface area contributed by atoms with Gasteiger partial charge in [-0.1, -0.05) is 24.6 Å². The molecule has 0 unspecified atom stereocenters. The van der Waals surface area contributed by atoms with Crippen LogP contribution in [0.4, 0.5) is 0 Å². The van der Waals surface area contributed by atoms with Crippen LogP contribution in [0.3, 0.4) is 0 Å². The molecule has 1 amide bonds. The van der Waals surface area contributed by atoms with Crippen LogP contribution in [-0.2, 0) is 0 Å². The summed E-state index contributed by atoms with van der Waals surface area (Å²) < 4.78 is 5.52. The van der Waals surface area contributed by atoms with Crippen molar-refractivity contribution in [1.29, 1.82) is 0 Å². The Bertz CT molecular complexity index is 572. The summed E-state index contributed by atoms with van der Waals surface area (Å²) in [6.45, 7) is 7.28. The van der Waals surface area contributed by atoms with Crippen molar-refractivity contribution in [2.75, 3.05) is 32.1 Å². The second-order valence-electron chi connectivity index (χ2n) is 5.93.